The molecule has 186 valence electrons. The molecule has 1 aliphatic heterocycles. The van der Waals surface area contributed by atoms with Crippen molar-refractivity contribution in [1.29, 1.82) is 0 Å². The van der Waals surface area contributed by atoms with E-state index in [9.17, 15) is 9.90 Å². The summed E-state index contributed by atoms with van der Waals surface area (Å²) < 4.78 is 7.08. The molecule has 0 amide bonds. The van der Waals surface area contributed by atoms with Gasteiger partial charge in [0.2, 0.25) is 5.88 Å². The van der Waals surface area contributed by atoms with Gasteiger partial charge < -0.3 is 14.7 Å². The van der Waals surface area contributed by atoms with Crippen LogP contribution in [0.2, 0.25) is 5.02 Å². The molecule has 0 aliphatic carbocycles. The number of rotatable bonds is 7. The summed E-state index contributed by atoms with van der Waals surface area (Å²) in [6, 6.07) is 25.0. The maximum atomic E-state index is 13.0. The molecule has 36 heavy (non-hydrogen) atoms. The monoisotopic (exact) mass is 521 g/mol. The Morgan fingerprint density at radius 3 is 2.42 bits per heavy atom. The lowest BCUT2D eigenvalue weighted by molar-refractivity contribution is 0.0819. The van der Waals surface area contributed by atoms with Gasteiger partial charge in [-0.3, -0.25) is 9.89 Å². The molecule has 1 aliphatic rings. The van der Waals surface area contributed by atoms with Gasteiger partial charge in [0.1, 0.15) is 10.9 Å². The second kappa shape index (κ2) is 10.9. The molecule has 1 aromatic heterocycles. The Hall–Kier alpha value is -3.13. The van der Waals surface area contributed by atoms with Crippen molar-refractivity contribution >= 4 is 29.1 Å². The van der Waals surface area contributed by atoms with E-state index in [4.69, 9.17) is 16.3 Å². The first-order valence-electron chi connectivity index (χ1n) is 11.9. The molecular weight excluding hydrogens is 494 g/mol. The maximum absolute atomic E-state index is 13.0. The molecule has 1 fully saturated rings. The summed E-state index contributed by atoms with van der Waals surface area (Å²) in [6.45, 7) is 1.84. The molecule has 1 atom stereocenters. The molecule has 1 unspecified atom stereocenters. The molecule has 5 rings (SSSR count). The third-order valence-electron chi connectivity index (χ3n) is 6.61. The smallest absolute Gasteiger partial charge is 0.282 e. The van der Waals surface area contributed by atoms with Crippen LogP contribution >= 0.6 is 23.4 Å². The van der Waals surface area contributed by atoms with E-state index in [2.05, 4.69) is 22.1 Å². The van der Waals surface area contributed by atoms with Gasteiger partial charge in [-0.25, -0.2) is 4.68 Å². The van der Waals surface area contributed by atoms with Crippen LogP contribution < -0.4 is 10.5 Å². The van der Waals surface area contributed by atoms with E-state index in [1.54, 1.807) is 17.9 Å². The quantitative estimate of drug-likeness (QED) is 0.315. The van der Waals surface area contributed by atoms with E-state index in [0.29, 0.717) is 16.0 Å². The third-order valence-corrected chi connectivity index (χ3v) is 8.20. The van der Waals surface area contributed by atoms with Crippen LogP contribution in [-0.2, 0) is 4.74 Å². The summed E-state index contributed by atoms with van der Waals surface area (Å²) in [7, 11) is 1.77. The largest absolute Gasteiger partial charge is 0.493 e. The highest BCUT2D eigenvalue weighted by molar-refractivity contribution is 7.99. The highest BCUT2D eigenvalue weighted by Gasteiger charge is 2.26. The zero-order valence-electron chi connectivity index (χ0n) is 19.9. The second-order valence-corrected chi connectivity index (χ2v) is 10.3. The Kier molecular flexibility index (Phi) is 7.41. The fourth-order valence-electron chi connectivity index (χ4n) is 4.71. The molecule has 0 saturated carbocycles. The Labute approximate surface area is 219 Å². The van der Waals surface area contributed by atoms with Gasteiger partial charge in [-0.05, 0) is 48.2 Å². The third kappa shape index (κ3) is 5.05. The van der Waals surface area contributed by atoms with Crippen LogP contribution in [0.1, 0.15) is 30.0 Å². The first kappa shape index (κ1) is 24.6. The summed E-state index contributed by atoms with van der Waals surface area (Å²) in [5.41, 5.74) is 2.66. The van der Waals surface area contributed by atoms with Gasteiger partial charge in [-0.2, -0.15) is 0 Å². The van der Waals surface area contributed by atoms with Crippen molar-refractivity contribution in [3.8, 4) is 5.88 Å². The second-order valence-electron chi connectivity index (χ2n) is 8.83. The molecule has 6 nitrogen and oxygen atoms in total. The minimum atomic E-state index is -0.420. The average Bonchev–Trinajstić information content (AvgIpc) is 3.19. The number of benzene rings is 3. The number of halogens is 1. The summed E-state index contributed by atoms with van der Waals surface area (Å²) in [6.07, 6.45) is 2.27. The number of anilines is 1. The van der Waals surface area contributed by atoms with Crippen molar-refractivity contribution in [2.75, 3.05) is 25.1 Å². The lowest BCUT2D eigenvalue weighted by atomic mass is 9.97. The number of aromatic hydroxyl groups is 1. The zero-order chi connectivity index (χ0) is 25.1. The fourth-order valence-corrected chi connectivity index (χ4v) is 5.82. The number of methoxy groups -OCH3 is 1. The van der Waals surface area contributed by atoms with Crippen LogP contribution in [0.25, 0.3) is 0 Å². The van der Waals surface area contributed by atoms with Gasteiger partial charge in [-0.15, -0.1) is 0 Å². The number of hydrogen-bond acceptors (Lipinski definition) is 5. The standard InChI is InChI=1S/C28H28ClN3O3S/c1-35-22-14-16-31(17-15-22)21-11-7-10-20(18-21)25(19-8-3-2-4-9-19)32-28(34)26(27(33)30-32)36-24-13-6-5-12-23(24)29/h2-13,18,22,25,34H,14-17H2,1H3,(H,30,33). The minimum Gasteiger partial charge on any atom is -0.493 e. The van der Waals surface area contributed by atoms with Gasteiger partial charge in [0, 0.05) is 30.8 Å². The van der Waals surface area contributed by atoms with Crippen molar-refractivity contribution in [2.24, 2.45) is 0 Å². The number of piperidine rings is 1. The first-order valence-corrected chi connectivity index (χ1v) is 13.1. The number of aromatic amines is 1. The van der Waals surface area contributed by atoms with E-state index in [1.807, 2.05) is 60.7 Å². The molecule has 0 spiro atoms. The summed E-state index contributed by atoms with van der Waals surface area (Å²) in [4.78, 5) is 16.3. The lowest BCUT2D eigenvalue weighted by Crippen LogP contribution is -2.36. The first-order chi connectivity index (χ1) is 17.5. The van der Waals surface area contributed by atoms with Crippen molar-refractivity contribution in [2.45, 2.75) is 34.8 Å². The zero-order valence-corrected chi connectivity index (χ0v) is 21.5. The molecular formula is C28H28ClN3O3S. The normalized spacial score (nSPS) is 15.2. The number of H-pyrrole nitrogens is 1. The van der Waals surface area contributed by atoms with E-state index in [0.717, 1.165) is 54.5 Å². The van der Waals surface area contributed by atoms with Crippen molar-refractivity contribution in [3.05, 3.63) is 105 Å². The SMILES string of the molecule is COC1CCN(c2cccc(C(c3ccccc3)n3[nH]c(=O)c(Sc4ccccc4Cl)c3O)c2)CC1. The average molecular weight is 522 g/mol. The predicted molar refractivity (Wildman–Crippen MR) is 145 cm³/mol. The highest BCUT2D eigenvalue weighted by Crippen LogP contribution is 2.39. The molecule has 1 saturated heterocycles. The van der Waals surface area contributed by atoms with Crippen LogP contribution in [0.5, 0.6) is 5.88 Å². The highest BCUT2D eigenvalue weighted by atomic mass is 35.5. The summed E-state index contributed by atoms with van der Waals surface area (Å²) in [5.74, 6) is -0.120. The summed E-state index contributed by atoms with van der Waals surface area (Å²) >= 11 is 7.47. The van der Waals surface area contributed by atoms with Crippen LogP contribution in [0, 0.1) is 0 Å². The van der Waals surface area contributed by atoms with Crippen LogP contribution in [0.3, 0.4) is 0 Å². The van der Waals surface area contributed by atoms with Crippen molar-refractivity contribution < 1.29 is 9.84 Å². The van der Waals surface area contributed by atoms with Gasteiger partial charge in [0.05, 0.1) is 11.1 Å². The van der Waals surface area contributed by atoms with Crippen molar-refractivity contribution in [1.82, 2.24) is 9.78 Å². The van der Waals surface area contributed by atoms with E-state index < -0.39 is 6.04 Å². The van der Waals surface area contributed by atoms with Crippen molar-refractivity contribution in [3.63, 3.8) is 0 Å². The molecule has 2 heterocycles. The Morgan fingerprint density at radius 2 is 1.69 bits per heavy atom. The minimum absolute atomic E-state index is 0.120. The lowest BCUT2D eigenvalue weighted by Gasteiger charge is -2.33. The molecule has 8 heteroatoms. The number of aromatic nitrogens is 2. The predicted octanol–water partition coefficient (Wildman–Crippen LogP) is 5.94. The molecule has 2 N–H and O–H groups in total. The van der Waals surface area contributed by atoms with Crippen LogP contribution in [0.4, 0.5) is 5.69 Å². The summed E-state index contributed by atoms with van der Waals surface area (Å²) in [5, 5.41) is 14.7. The Balaban J connectivity index is 1.54. The van der Waals surface area contributed by atoms with Gasteiger partial charge >= 0.3 is 0 Å². The number of nitrogens with one attached hydrogen (secondary N) is 1. The fraction of sp³-hybridized carbons (Fsp3) is 0.250. The molecule has 3 aromatic carbocycles. The van der Waals surface area contributed by atoms with Gasteiger partial charge in [0.25, 0.3) is 5.56 Å². The van der Waals surface area contributed by atoms with E-state index in [1.165, 1.54) is 0 Å². The molecule has 0 bridgehead atoms. The van der Waals surface area contributed by atoms with E-state index >= 15 is 0 Å². The molecule has 4 aromatic rings. The Bertz CT molecular complexity index is 1380. The molecule has 0 radical (unpaired) electrons. The Morgan fingerprint density at radius 1 is 1.00 bits per heavy atom. The van der Waals surface area contributed by atoms with Crippen LogP contribution in [-0.4, -0.2) is 41.2 Å². The maximum Gasteiger partial charge on any atom is 0.282 e. The van der Waals surface area contributed by atoms with Gasteiger partial charge in [0.15, 0.2) is 0 Å². The number of nitrogens with zero attached hydrogens (tertiary/aromatic N) is 2. The number of hydrogen-bond donors (Lipinski definition) is 2. The topological polar surface area (TPSA) is 70.5 Å². The number of ether oxygens (including phenoxy) is 1. The van der Waals surface area contributed by atoms with E-state index in [-0.39, 0.29) is 16.3 Å². The van der Waals surface area contributed by atoms with Crippen LogP contribution in [0.15, 0.2) is 93.4 Å². The van der Waals surface area contributed by atoms with Gasteiger partial charge in [-0.1, -0.05) is 78.0 Å².